The lowest BCUT2D eigenvalue weighted by Crippen LogP contribution is -2.41. The van der Waals surface area contributed by atoms with Crippen molar-refractivity contribution in [2.75, 3.05) is 23.3 Å². The highest BCUT2D eigenvalue weighted by atomic mass is 79.9. The highest BCUT2D eigenvalue weighted by Gasteiger charge is 2.24. The van der Waals surface area contributed by atoms with Crippen molar-refractivity contribution in [1.29, 1.82) is 0 Å². The maximum Gasteiger partial charge on any atom is 0.319 e. The predicted molar refractivity (Wildman–Crippen MR) is 98.4 cm³/mol. The molecule has 0 radical (unpaired) electrons. The first-order chi connectivity index (χ1) is 11.5. The largest absolute Gasteiger partial charge is 0.329 e. The molecule has 2 aromatic carbocycles. The lowest BCUT2D eigenvalue weighted by atomic mass is 10.2. The number of anilines is 2. The topological polar surface area (TPSA) is 61.4 Å². The summed E-state index contributed by atoms with van der Waals surface area (Å²) in [5.41, 5.74) is 3.82. The van der Waals surface area contributed by atoms with E-state index in [1.165, 1.54) is 5.56 Å². The summed E-state index contributed by atoms with van der Waals surface area (Å²) < 4.78 is 0.983. The third kappa shape index (κ3) is 3.59. The Morgan fingerprint density at radius 2 is 2.00 bits per heavy atom. The van der Waals surface area contributed by atoms with Gasteiger partial charge in [0.05, 0.1) is 6.54 Å². The quantitative estimate of drug-likeness (QED) is 0.846. The number of para-hydroxylation sites is 1. The molecule has 1 aliphatic heterocycles. The van der Waals surface area contributed by atoms with Crippen LogP contribution in [0, 0.1) is 6.92 Å². The summed E-state index contributed by atoms with van der Waals surface area (Å²) in [6.07, 6.45) is 0.853. The third-order valence-electron chi connectivity index (χ3n) is 4.00. The number of halogens is 1. The van der Waals surface area contributed by atoms with Crippen LogP contribution in [0.1, 0.15) is 11.1 Å². The Kier molecular flexibility index (Phi) is 4.85. The van der Waals surface area contributed by atoms with Gasteiger partial charge in [0.1, 0.15) is 0 Å². The smallest absolute Gasteiger partial charge is 0.319 e. The summed E-state index contributed by atoms with van der Waals surface area (Å²) in [6.45, 7) is 2.57. The standard InChI is InChI=1S/C18H18BrN3O2/c1-12-10-14(6-7-15(12)19)21-18(24)20-11-17(23)22-9-8-13-4-2-3-5-16(13)22/h2-7,10H,8-9,11H2,1H3,(H2,20,21,24). The number of carbonyl (C=O) groups is 2. The molecule has 2 aromatic rings. The van der Waals surface area contributed by atoms with Crippen LogP contribution in [0.15, 0.2) is 46.9 Å². The van der Waals surface area contributed by atoms with Crippen LogP contribution in [-0.2, 0) is 11.2 Å². The number of fused-ring (bicyclic) bond motifs is 1. The minimum Gasteiger partial charge on any atom is -0.329 e. The molecule has 0 aliphatic carbocycles. The lowest BCUT2D eigenvalue weighted by molar-refractivity contribution is -0.117. The number of hydrogen-bond acceptors (Lipinski definition) is 2. The van der Waals surface area contributed by atoms with Gasteiger partial charge in [-0.3, -0.25) is 4.79 Å². The molecule has 0 spiro atoms. The fourth-order valence-corrected chi connectivity index (χ4v) is 2.99. The minimum atomic E-state index is -0.391. The van der Waals surface area contributed by atoms with Crippen molar-refractivity contribution in [1.82, 2.24) is 5.32 Å². The van der Waals surface area contributed by atoms with E-state index in [2.05, 4.69) is 26.6 Å². The maximum absolute atomic E-state index is 12.3. The molecule has 2 N–H and O–H groups in total. The van der Waals surface area contributed by atoms with E-state index in [0.717, 1.165) is 22.1 Å². The van der Waals surface area contributed by atoms with E-state index < -0.39 is 6.03 Å². The summed E-state index contributed by atoms with van der Waals surface area (Å²) in [5.74, 6) is -0.109. The summed E-state index contributed by atoms with van der Waals surface area (Å²) >= 11 is 3.42. The van der Waals surface area contributed by atoms with Gasteiger partial charge in [0, 0.05) is 22.4 Å². The first-order valence-electron chi connectivity index (χ1n) is 7.74. The highest BCUT2D eigenvalue weighted by Crippen LogP contribution is 2.27. The summed E-state index contributed by atoms with van der Waals surface area (Å²) in [4.78, 5) is 26.0. The van der Waals surface area contributed by atoms with Crippen molar-refractivity contribution >= 4 is 39.2 Å². The fourth-order valence-electron chi connectivity index (χ4n) is 2.75. The van der Waals surface area contributed by atoms with Gasteiger partial charge in [-0.2, -0.15) is 0 Å². The van der Waals surface area contributed by atoms with E-state index in [-0.39, 0.29) is 12.5 Å². The van der Waals surface area contributed by atoms with Gasteiger partial charge in [0.2, 0.25) is 5.91 Å². The molecule has 3 amide bonds. The van der Waals surface area contributed by atoms with E-state index >= 15 is 0 Å². The average Bonchev–Trinajstić information content (AvgIpc) is 3.00. The molecule has 0 atom stereocenters. The Morgan fingerprint density at radius 3 is 2.79 bits per heavy atom. The molecule has 3 rings (SSSR count). The number of benzene rings is 2. The van der Waals surface area contributed by atoms with Crippen LogP contribution in [0.3, 0.4) is 0 Å². The Balaban J connectivity index is 1.55. The van der Waals surface area contributed by atoms with Gasteiger partial charge in [-0.1, -0.05) is 34.1 Å². The number of urea groups is 1. The van der Waals surface area contributed by atoms with Crippen molar-refractivity contribution in [3.63, 3.8) is 0 Å². The second kappa shape index (κ2) is 7.05. The van der Waals surface area contributed by atoms with Gasteiger partial charge in [-0.05, 0) is 48.7 Å². The van der Waals surface area contributed by atoms with Gasteiger partial charge in [0.25, 0.3) is 0 Å². The van der Waals surface area contributed by atoms with Gasteiger partial charge >= 0.3 is 6.03 Å². The molecule has 6 heteroatoms. The van der Waals surface area contributed by atoms with E-state index in [4.69, 9.17) is 0 Å². The first-order valence-corrected chi connectivity index (χ1v) is 8.53. The number of carbonyl (C=O) groups excluding carboxylic acids is 2. The van der Waals surface area contributed by atoms with E-state index in [1.807, 2.05) is 43.3 Å². The van der Waals surface area contributed by atoms with Crippen LogP contribution in [0.5, 0.6) is 0 Å². The van der Waals surface area contributed by atoms with Crippen LogP contribution >= 0.6 is 15.9 Å². The van der Waals surface area contributed by atoms with Gasteiger partial charge < -0.3 is 15.5 Å². The molecule has 0 fully saturated rings. The van der Waals surface area contributed by atoms with Crippen LogP contribution in [0.25, 0.3) is 0 Å². The van der Waals surface area contributed by atoms with Crippen molar-refractivity contribution in [2.24, 2.45) is 0 Å². The molecule has 5 nitrogen and oxygen atoms in total. The zero-order valence-corrected chi connectivity index (χ0v) is 14.9. The molecular weight excluding hydrogens is 370 g/mol. The number of rotatable bonds is 3. The van der Waals surface area contributed by atoms with Gasteiger partial charge in [-0.25, -0.2) is 4.79 Å². The van der Waals surface area contributed by atoms with Crippen molar-refractivity contribution < 1.29 is 9.59 Å². The molecule has 0 aromatic heterocycles. The number of nitrogens with one attached hydrogen (secondary N) is 2. The SMILES string of the molecule is Cc1cc(NC(=O)NCC(=O)N2CCc3ccccc32)ccc1Br. The normalized spacial score (nSPS) is 12.7. The molecule has 24 heavy (non-hydrogen) atoms. The maximum atomic E-state index is 12.3. The summed E-state index contributed by atoms with van der Waals surface area (Å²) in [7, 11) is 0. The van der Waals surface area contributed by atoms with E-state index in [1.54, 1.807) is 11.0 Å². The Hall–Kier alpha value is -2.34. The molecular formula is C18H18BrN3O2. The number of nitrogens with zero attached hydrogens (tertiary/aromatic N) is 1. The monoisotopic (exact) mass is 387 g/mol. The molecule has 0 saturated carbocycles. The van der Waals surface area contributed by atoms with Crippen LogP contribution in [-0.4, -0.2) is 25.0 Å². The Labute approximate surface area is 149 Å². The second-order valence-electron chi connectivity index (χ2n) is 5.70. The van der Waals surface area contributed by atoms with Gasteiger partial charge in [0.15, 0.2) is 0 Å². The first kappa shape index (κ1) is 16.5. The van der Waals surface area contributed by atoms with E-state index in [0.29, 0.717) is 12.2 Å². The van der Waals surface area contributed by atoms with Crippen LogP contribution < -0.4 is 15.5 Å². The second-order valence-corrected chi connectivity index (χ2v) is 6.55. The zero-order chi connectivity index (χ0) is 17.1. The van der Waals surface area contributed by atoms with E-state index in [9.17, 15) is 9.59 Å². The highest BCUT2D eigenvalue weighted by molar-refractivity contribution is 9.10. The molecule has 1 heterocycles. The van der Waals surface area contributed by atoms with Gasteiger partial charge in [-0.15, -0.1) is 0 Å². The predicted octanol–water partition coefficient (Wildman–Crippen LogP) is 3.47. The Morgan fingerprint density at radius 1 is 1.21 bits per heavy atom. The van der Waals surface area contributed by atoms with Crippen molar-refractivity contribution in [2.45, 2.75) is 13.3 Å². The van der Waals surface area contributed by atoms with Crippen LogP contribution in [0.2, 0.25) is 0 Å². The van der Waals surface area contributed by atoms with Crippen molar-refractivity contribution in [3.8, 4) is 0 Å². The average molecular weight is 388 g/mol. The number of aryl methyl sites for hydroxylation is 1. The lowest BCUT2D eigenvalue weighted by Gasteiger charge is -2.17. The fraction of sp³-hybridized carbons (Fsp3) is 0.222. The molecule has 0 saturated heterocycles. The summed E-state index contributed by atoms with van der Waals surface area (Å²) in [6, 6.07) is 13.0. The van der Waals surface area contributed by atoms with Crippen LogP contribution in [0.4, 0.5) is 16.2 Å². The molecule has 0 bridgehead atoms. The number of hydrogen-bond donors (Lipinski definition) is 2. The molecule has 124 valence electrons. The molecule has 0 unspecified atom stereocenters. The molecule has 1 aliphatic rings. The Bertz CT molecular complexity index is 792. The summed E-state index contributed by atoms with van der Waals surface area (Å²) in [5, 5.41) is 5.35. The third-order valence-corrected chi connectivity index (χ3v) is 4.89. The minimum absolute atomic E-state index is 0.0321. The zero-order valence-electron chi connectivity index (χ0n) is 13.3. The van der Waals surface area contributed by atoms with Crippen molar-refractivity contribution in [3.05, 3.63) is 58.1 Å². The number of amides is 3.